The molecule has 0 saturated heterocycles. The van der Waals surface area contributed by atoms with Crippen LogP contribution in [-0.2, 0) is 30.4 Å². The van der Waals surface area contributed by atoms with Gasteiger partial charge in [0, 0.05) is 6.42 Å². The van der Waals surface area contributed by atoms with Gasteiger partial charge in [-0.25, -0.2) is 9.59 Å². The molecular weight excluding hydrogens is 374 g/mol. The minimum Gasteiger partial charge on any atom is -0.464 e. The standard InChI is InChI=1S/C22H33NO6/c1-16(2)13-14-27-20(25)18(23-21(26)29-22(3,4)5)11-12-19(24)28-15-17-9-7-6-8-10-17/h6-10,16,18H,11-15H2,1-5H3,(H,23,26)/t18-/m1/s1. The lowest BCUT2D eigenvalue weighted by Gasteiger charge is -2.23. The van der Waals surface area contributed by atoms with Crippen LogP contribution in [0.5, 0.6) is 0 Å². The van der Waals surface area contributed by atoms with Gasteiger partial charge in [-0.1, -0.05) is 44.2 Å². The molecule has 0 aliphatic rings. The molecule has 1 atom stereocenters. The Bertz CT molecular complexity index is 651. The monoisotopic (exact) mass is 407 g/mol. The lowest BCUT2D eigenvalue weighted by atomic mass is 10.1. The van der Waals surface area contributed by atoms with Gasteiger partial charge in [-0.3, -0.25) is 4.79 Å². The van der Waals surface area contributed by atoms with Crippen LogP contribution in [0.2, 0.25) is 0 Å². The Morgan fingerprint density at radius 2 is 1.66 bits per heavy atom. The van der Waals surface area contributed by atoms with Gasteiger partial charge < -0.3 is 19.5 Å². The van der Waals surface area contributed by atoms with Crippen molar-refractivity contribution >= 4 is 18.0 Å². The highest BCUT2D eigenvalue weighted by Crippen LogP contribution is 2.10. The third-order valence-electron chi connectivity index (χ3n) is 3.79. The van der Waals surface area contributed by atoms with Gasteiger partial charge in [-0.2, -0.15) is 0 Å². The molecule has 0 bridgehead atoms. The van der Waals surface area contributed by atoms with Crippen LogP contribution in [0.4, 0.5) is 4.79 Å². The summed E-state index contributed by atoms with van der Waals surface area (Å²) in [5, 5.41) is 2.50. The summed E-state index contributed by atoms with van der Waals surface area (Å²) in [6.07, 6.45) is 0.00483. The third-order valence-corrected chi connectivity index (χ3v) is 3.79. The first-order valence-corrected chi connectivity index (χ1v) is 9.92. The van der Waals surface area contributed by atoms with Crippen molar-refractivity contribution in [2.45, 2.75) is 72.1 Å². The van der Waals surface area contributed by atoms with Crippen LogP contribution in [0.3, 0.4) is 0 Å². The molecule has 0 fully saturated rings. The van der Waals surface area contributed by atoms with Gasteiger partial charge in [0.2, 0.25) is 0 Å². The topological polar surface area (TPSA) is 90.9 Å². The van der Waals surface area contributed by atoms with Crippen LogP contribution < -0.4 is 5.32 Å². The van der Waals surface area contributed by atoms with E-state index in [4.69, 9.17) is 14.2 Å². The van der Waals surface area contributed by atoms with Crippen LogP contribution in [0.1, 0.15) is 59.4 Å². The number of carbonyl (C=O) groups excluding carboxylic acids is 3. The van der Waals surface area contributed by atoms with E-state index in [-0.39, 0.29) is 26.1 Å². The van der Waals surface area contributed by atoms with Crippen molar-refractivity contribution in [3.63, 3.8) is 0 Å². The van der Waals surface area contributed by atoms with E-state index < -0.39 is 29.7 Å². The van der Waals surface area contributed by atoms with Crippen LogP contribution in [0, 0.1) is 5.92 Å². The van der Waals surface area contributed by atoms with Crippen molar-refractivity contribution in [3.05, 3.63) is 35.9 Å². The summed E-state index contributed by atoms with van der Waals surface area (Å²) in [5.74, 6) is -0.666. The molecule has 0 unspecified atom stereocenters. The molecule has 7 heteroatoms. The molecule has 0 heterocycles. The zero-order valence-electron chi connectivity index (χ0n) is 18.0. The van der Waals surface area contributed by atoms with Gasteiger partial charge >= 0.3 is 18.0 Å². The molecule has 0 aliphatic heterocycles. The summed E-state index contributed by atoms with van der Waals surface area (Å²) < 4.78 is 15.7. The molecule has 0 radical (unpaired) electrons. The average molecular weight is 408 g/mol. The van der Waals surface area contributed by atoms with Gasteiger partial charge in [0.1, 0.15) is 18.2 Å². The number of amides is 1. The minimum atomic E-state index is -0.985. The Labute approximate surface area is 173 Å². The maximum atomic E-state index is 12.4. The normalized spacial score (nSPS) is 12.2. The Hall–Kier alpha value is -2.57. The van der Waals surface area contributed by atoms with E-state index in [0.29, 0.717) is 12.3 Å². The molecule has 0 aliphatic carbocycles. The predicted molar refractivity (Wildman–Crippen MR) is 109 cm³/mol. The number of carbonyl (C=O) groups is 3. The molecule has 7 nitrogen and oxygen atoms in total. The molecule has 29 heavy (non-hydrogen) atoms. The van der Waals surface area contributed by atoms with Gasteiger partial charge in [-0.15, -0.1) is 0 Å². The molecule has 1 rings (SSSR count). The van der Waals surface area contributed by atoms with Gasteiger partial charge in [-0.05, 0) is 45.1 Å². The summed E-state index contributed by atoms with van der Waals surface area (Å²) in [5.41, 5.74) is 0.169. The van der Waals surface area contributed by atoms with Crippen molar-refractivity contribution < 1.29 is 28.6 Å². The van der Waals surface area contributed by atoms with Crippen molar-refractivity contribution in [1.29, 1.82) is 0 Å². The number of rotatable bonds is 10. The lowest BCUT2D eigenvalue weighted by Crippen LogP contribution is -2.44. The second kappa shape index (κ2) is 12.1. The lowest BCUT2D eigenvalue weighted by molar-refractivity contribution is -0.148. The first-order chi connectivity index (χ1) is 13.6. The van der Waals surface area contributed by atoms with Crippen LogP contribution in [-0.4, -0.2) is 36.3 Å². The number of alkyl carbamates (subject to hydrolysis) is 1. The molecule has 1 amide bonds. The van der Waals surface area contributed by atoms with E-state index in [1.165, 1.54) is 0 Å². The summed E-state index contributed by atoms with van der Waals surface area (Å²) in [6.45, 7) is 9.63. The number of nitrogens with one attached hydrogen (secondary N) is 1. The maximum Gasteiger partial charge on any atom is 0.408 e. The number of esters is 2. The Kier molecular flexibility index (Phi) is 10.2. The first kappa shape index (κ1) is 24.5. The molecule has 1 N–H and O–H groups in total. The van der Waals surface area contributed by atoms with E-state index in [1.807, 2.05) is 44.2 Å². The number of benzene rings is 1. The smallest absolute Gasteiger partial charge is 0.408 e. The van der Waals surface area contributed by atoms with Crippen LogP contribution >= 0.6 is 0 Å². The fourth-order valence-corrected chi connectivity index (χ4v) is 2.27. The van der Waals surface area contributed by atoms with Gasteiger partial charge in [0.25, 0.3) is 0 Å². The molecule has 1 aromatic carbocycles. The third kappa shape index (κ3) is 11.8. The summed E-state index contributed by atoms with van der Waals surface area (Å²) in [7, 11) is 0. The molecule has 1 aromatic rings. The quantitative estimate of drug-likeness (QED) is 0.466. The zero-order valence-corrected chi connectivity index (χ0v) is 18.0. The van der Waals surface area contributed by atoms with Crippen molar-refractivity contribution in [1.82, 2.24) is 5.32 Å². The Morgan fingerprint density at radius 1 is 1.00 bits per heavy atom. The Balaban J connectivity index is 2.58. The van der Waals surface area contributed by atoms with Gasteiger partial charge in [0.05, 0.1) is 6.61 Å². The largest absolute Gasteiger partial charge is 0.464 e. The van der Waals surface area contributed by atoms with E-state index in [1.54, 1.807) is 20.8 Å². The van der Waals surface area contributed by atoms with E-state index in [9.17, 15) is 14.4 Å². The average Bonchev–Trinajstić information content (AvgIpc) is 2.62. The molecular formula is C22H33NO6. The van der Waals surface area contributed by atoms with E-state index in [0.717, 1.165) is 5.56 Å². The molecule has 0 saturated carbocycles. The SMILES string of the molecule is CC(C)CCOC(=O)[C@@H](CCC(=O)OCc1ccccc1)NC(=O)OC(C)(C)C. The maximum absolute atomic E-state index is 12.4. The first-order valence-electron chi connectivity index (χ1n) is 9.92. The van der Waals surface area contributed by atoms with Crippen molar-refractivity contribution in [2.24, 2.45) is 5.92 Å². The van der Waals surface area contributed by atoms with Crippen LogP contribution in [0.25, 0.3) is 0 Å². The van der Waals surface area contributed by atoms with E-state index in [2.05, 4.69) is 5.32 Å². The summed E-state index contributed by atoms with van der Waals surface area (Å²) in [6, 6.07) is 8.32. The van der Waals surface area contributed by atoms with E-state index >= 15 is 0 Å². The number of ether oxygens (including phenoxy) is 3. The number of hydrogen-bond acceptors (Lipinski definition) is 6. The molecule has 162 valence electrons. The molecule has 0 spiro atoms. The summed E-state index contributed by atoms with van der Waals surface area (Å²) in [4.78, 5) is 36.5. The predicted octanol–water partition coefficient (Wildman–Crippen LogP) is 3.99. The summed E-state index contributed by atoms with van der Waals surface area (Å²) >= 11 is 0. The second-order valence-electron chi connectivity index (χ2n) is 8.23. The van der Waals surface area contributed by atoms with Crippen molar-refractivity contribution in [3.8, 4) is 0 Å². The second-order valence-corrected chi connectivity index (χ2v) is 8.23. The van der Waals surface area contributed by atoms with Crippen molar-refractivity contribution in [2.75, 3.05) is 6.61 Å². The highest BCUT2D eigenvalue weighted by Gasteiger charge is 2.26. The highest BCUT2D eigenvalue weighted by atomic mass is 16.6. The fourth-order valence-electron chi connectivity index (χ4n) is 2.27. The number of hydrogen-bond donors (Lipinski definition) is 1. The zero-order chi connectivity index (χ0) is 21.9. The highest BCUT2D eigenvalue weighted by molar-refractivity contribution is 5.82. The van der Waals surface area contributed by atoms with Gasteiger partial charge in [0.15, 0.2) is 0 Å². The molecule has 0 aromatic heterocycles. The van der Waals surface area contributed by atoms with Crippen LogP contribution in [0.15, 0.2) is 30.3 Å². The fraction of sp³-hybridized carbons (Fsp3) is 0.591. The Morgan fingerprint density at radius 3 is 2.24 bits per heavy atom. The minimum absolute atomic E-state index is 0.0351.